The quantitative estimate of drug-likeness (QED) is 0.457. The van der Waals surface area contributed by atoms with Gasteiger partial charge in [-0.25, -0.2) is 9.97 Å². The molecule has 1 heterocycles. The molecule has 0 amide bonds. The van der Waals surface area contributed by atoms with Crippen LogP contribution in [0.1, 0.15) is 11.3 Å². The number of methoxy groups -OCH3 is 2. The molecule has 1 N–H and O–H groups in total. The Bertz CT molecular complexity index is 959. The van der Waals surface area contributed by atoms with Gasteiger partial charge in [0.25, 0.3) is 0 Å². The van der Waals surface area contributed by atoms with Gasteiger partial charge in [0.15, 0.2) is 11.6 Å². The molecule has 6 nitrogen and oxygen atoms in total. The van der Waals surface area contributed by atoms with Crippen LogP contribution in [0, 0.1) is 6.92 Å². The maximum absolute atomic E-state index is 5.37. The number of hydrogen-bond acceptors (Lipinski definition) is 6. The van der Waals surface area contributed by atoms with Gasteiger partial charge < -0.3 is 9.47 Å². The molecule has 7 heteroatoms. The largest absolute Gasteiger partial charge is 0.497 e. The molecule has 27 heavy (non-hydrogen) atoms. The van der Waals surface area contributed by atoms with E-state index in [-0.39, 0.29) is 0 Å². The van der Waals surface area contributed by atoms with Gasteiger partial charge >= 0.3 is 0 Å². The summed E-state index contributed by atoms with van der Waals surface area (Å²) in [6, 6.07) is 15.2. The van der Waals surface area contributed by atoms with Gasteiger partial charge in [0, 0.05) is 33.4 Å². The highest BCUT2D eigenvalue weighted by molar-refractivity contribution is 9.10. The van der Waals surface area contributed by atoms with Crippen LogP contribution in [0.15, 0.2) is 58.1 Å². The summed E-state index contributed by atoms with van der Waals surface area (Å²) < 4.78 is 11.6. The lowest BCUT2D eigenvalue weighted by atomic mass is 10.2. The average Bonchev–Trinajstić information content (AvgIpc) is 2.68. The molecule has 3 rings (SSSR count). The molecule has 0 spiro atoms. The second kappa shape index (κ2) is 8.64. The minimum absolute atomic E-state index is 0.615. The van der Waals surface area contributed by atoms with Crippen molar-refractivity contribution >= 4 is 28.0 Å². The summed E-state index contributed by atoms with van der Waals surface area (Å²) in [4.78, 5) is 9.03. The molecule has 0 aliphatic carbocycles. The van der Waals surface area contributed by atoms with Crippen LogP contribution >= 0.6 is 15.9 Å². The minimum Gasteiger partial charge on any atom is -0.497 e. The van der Waals surface area contributed by atoms with Crippen molar-refractivity contribution in [3.05, 3.63) is 64.3 Å². The van der Waals surface area contributed by atoms with Gasteiger partial charge in [-0.15, -0.1) is 0 Å². The predicted octanol–water partition coefficient (Wildman–Crippen LogP) is 4.68. The van der Waals surface area contributed by atoms with E-state index in [2.05, 4.69) is 36.4 Å². The molecular weight excluding hydrogens is 408 g/mol. The fourth-order valence-electron chi connectivity index (χ4n) is 2.45. The van der Waals surface area contributed by atoms with Gasteiger partial charge in [0.05, 0.1) is 20.4 Å². The number of rotatable bonds is 6. The van der Waals surface area contributed by atoms with Gasteiger partial charge in [0.2, 0.25) is 0 Å². The molecule has 0 unspecified atom stereocenters. The monoisotopic (exact) mass is 426 g/mol. The first kappa shape index (κ1) is 18.8. The van der Waals surface area contributed by atoms with Crippen LogP contribution in [-0.4, -0.2) is 30.4 Å². The zero-order chi connectivity index (χ0) is 19.2. The summed E-state index contributed by atoms with van der Waals surface area (Å²) in [6.45, 7) is 1.92. The van der Waals surface area contributed by atoms with E-state index in [1.165, 1.54) is 0 Å². The van der Waals surface area contributed by atoms with Crippen molar-refractivity contribution in [3.63, 3.8) is 0 Å². The van der Waals surface area contributed by atoms with E-state index in [4.69, 9.17) is 9.47 Å². The summed E-state index contributed by atoms with van der Waals surface area (Å²) >= 11 is 3.43. The van der Waals surface area contributed by atoms with Crippen molar-refractivity contribution < 1.29 is 9.47 Å². The molecule has 0 radical (unpaired) electrons. The Hall–Kier alpha value is -2.93. The zero-order valence-electron chi connectivity index (χ0n) is 15.2. The number of nitrogens with one attached hydrogen (secondary N) is 1. The first-order valence-electron chi connectivity index (χ1n) is 8.22. The molecule has 0 saturated heterocycles. The fourth-order valence-corrected chi connectivity index (χ4v) is 2.71. The number of benzene rings is 2. The highest BCUT2D eigenvalue weighted by Gasteiger charge is 2.06. The van der Waals surface area contributed by atoms with Gasteiger partial charge in [-0.05, 0) is 31.2 Å². The molecule has 0 aliphatic rings. The van der Waals surface area contributed by atoms with E-state index >= 15 is 0 Å². The number of anilines is 1. The lowest BCUT2D eigenvalue weighted by molar-refractivity contribution is 0.394. The Balaban J connectivity index is 1.80. The van der Waals surface area contributed by atoms with Crippen molar-refractivity contribution in [3.8, 4) is 22.9 Å². The second-order valence-electron chi connectivity index (χ2n) is 5.70. The predicted molar refractivity (Wildman–Crippen MR) is 111 cm³/mol. The van der Waals surface area contributed by atoms with Gasteiger partial charge in [-0.3, -0.25) is 5.43 Å². The number of aromatic nitrogens is 2. The van der Waals surface area contributed by atoms with Crippen molar-refractivity contribution in [1.82, 2.24) is 9.97 Å². The topological polar surface area (TPSA) is 68.6 Å². The Morgan fingerprint density at radius 1 is 1.00 bits per heavy atom. The third-order valence-electron chi connectivity index (χ3n) is 3.78. The molecule has 0 saturated carbocycles. The third kappa shape index (κ3) is 4.83. The normalized spacial score (nSPS) is 10.8. The number of halogens is 1. The summed E-state index contributed by atoms with van der Waals surface area (Å²) in [6.07, 6.45) is 1.68. The highest BCUT2D eigenvalue weighted by Crippen LogP contribution is 2.23. The summed E-state index contributed by atoms with van der Waals surface area (Å²) in [5.74, 6) is 2.66. The SMILES string of the molecule is COc1ccc(/C=N\Nc2cc(C)nc(-c3ccc(Br)cc3)n2)c(OC)c1. The van der Waals surface area contributed by atoms with E-state index < -0.39 is 0 Å². The van der Waals surface area contributed by atoms with E-state index in [0.717, 1.165) is 27.0 Å². The Morgan fingerprint density at radius 3 is 2.48 bits per heavy atom. The van der Waals surface area contributed by atoms with Gasteiger partial charge in [0.1, 0.15) is 11.5 Å². The van der Waals surface area contributed by atoms with Crippen LogP contribution in [0.3, 0.4) is 0 Å². The number of hydrazone groups is 1. The summed E-state index contributed by atoms with van der Waals surface area (Å²) in [5, 5.41) is 4.27. The highest BCUT2D eigenvalue weighted by atomic mass is 79.9. The van der Waals surface area contributed by atoms with Crippen LogP contribution in [0.4, 0.5) is 5.82 Å². The van der Waals surface area contributed by atoms with Crippen molar-refractivity contribution in [2.24, 2.45) is 5.10 Å². The molecule has 0 atom stereocenters. The maximum Gasteiger partial charge on any atom is 0.161 e. The fraction of sp³-hybridized carbons (Fsp3) is 0.150. The van der Waals surface area contributed by atoms with E-state index in [1.54, 1.807) is 20.4 Å². The van der Waals surface area contributed by atoms with E-state index in [0.29, 0.717) is 17.4 Å². The third-order valence-corrected chi connectivity index (χ3v) is 4.31. The molecule has 1 aromatic heterocycles. The number of nitrogens with zero attached hydrogens (tertiary/aromatic N) is 3. The van der Waals surface area contributed by atoms with Crippen LogP contribution in [-0.2, 0) is 0 Å². The summed E-state index contributed by atoms with van der Waals surface area (Å²) in [7, 11) is 3.22. The summed E-state index contributed by atoms with van der Waals surface area (Å²) in [5.41, 5.74) is 5.57. The Kier molecular flexibility index (Phi) is 6.03. The van der Waals surface area contributed by atoms with Gasteiger partial charge in [-0.2, -0.15) is 5.10 Å². The second-order valence-corrected chi connectivity index (χ2v) is 6.62. The number of ether oxygens (including phenoxy) is 2. The smallest absolute Gasteiger partial charge is 0.161 e. The van der Waals surface area contributed by atoms with Crippen LogP contribution in [0.5, 0.6) is 11.5 Å². The lowest BCUT2D eigenvalue weighted by Gasteiger charge is -2.08. The molecule has 0 bridgehead atoms. The molecule has 0 fully saturated rings. The Labute approximate surface area is 166 Å². The maximum atomic E-state index is 5.37. The molecule has 2 aromatic carbocycles. The number of hydrogen-bond donors (Lipinski definition) is 1. The van der Waals surface area contributed by atoms with Crippen LogP contribution < -0.4 is 14.9 Å². The van der Waals surface area contributed by atoms with E-state index in [1.807, 2.05) is 55.5 Å². The van der Waals surface area contributed by atoms with Crippen molar-refractivity contribution in [2.75, 3.05) is 19.6 Å². The Morgan fingerprint density at radius 2 is 1.78 bits per heavy atom. The minimum atomic E-state index is 0.615. The first-order valence-corrected chi connectivity index (χ1v) is 9.01. The molecule has 0 aliphatic heterocycles. The van der Waals surface area contributed by atoms with Crippen LogP contribution in [0.25, 0.3) is 11.4 Å². The van der Waals surface area contributed by atoms with E-state index in [9.17, 15) is 0 Å². The lowest BCUT2D eigenvalue weighted by Crippen LogP contribution is -1.99. The standard InChI is InChI=1S/C20H19BrN4O2/c1-13-10-19(24-20(23-13)14-4-7-16(21)8-5-14)25-22-12-15-6-9-17(26-2)11-18(15)27-3/h4-12H,1-3H3,(H,23,24,25)/b22-12-. The zero-order valence-corrected chi connectivity index (χ0v) is 16.8. The van der Waals surface area contributed by atoms with Gasteiger partial charge in [-0.1, -0.05) is 28.1 Å². The molecule has 138 valence electrons. The molecule has 3 aromatic rings. The van der Waals surface area contributed by atoms with Crippen LogP contribution in [0.2, 0.25) is 0 Å². The van der Waals surface area contributed by atoms with Crippen molar-refractivity contribution in [2.45, 2.75) is 6.92 Å². The first-order chi connectivity index (χ1) is 13.1. The van der Waals surface area contributed by atoms with Crippen molar-refractivity contribution in [1.29, 1.82) is 0 Å². The number of aryl methyl sites for hydroxylation is 1. The molecular formula is C20H19BrN4O2. The average molecular weight is 427 g/mol.